The molecule has 2 heteroatoms. The van der Waals surface area contributed by atoms with Crippen LogP contribution in [-0.4, -0.2) is 36.8 Å². The zero-order chi connectivity index (χ0) is 22.8. The maximum Gasteiger partial charge on any atom is 0.0594 e. The topological polar surface area (TPSA) is 23.5 Å². The van der Waals surface area contributed by atoms with Crippen molar-refractivity contribution in [2.75, 3.05) is 20.6 Å². The summed E-state index contributed by atoms with van der Waals surface area (Å²) < 4.78 is 0. The van der Waals surface area contributed by atoms with Crippen LogP contribution in [0.3, 0.4) is 0 Å². The third-order valence-corrected chi connectivity index (χ3v) is 12.5. The summed E-state index contributed by atoms with van der Waals surface area (Å²) in [6.45, 7) is 16.6. The lowest BCUT2D eigenvalue weighted by Gasteiger charge is -2.67. The lowest BCUT2D eigenvalue weighted by atomic mass is 9.38. The van der Waals surface area contributed by atoms with Gasteiger partial charge in [-0.15, -0.1) is 0 Å². The summed E-state index contributed by atoms with van der Waals surface area (Å²) in [6.07, 6.45) is 13.5. The maximum atomic E-state index is 10.8. The molecular weight excluding hydrogens is 378 g/mol. The Balaban J connectivity index is 1.56. The number of hydrogen-bond acceptors (Lipinski definition) is 2. The van der Waals surface area contributed by atoms with E-state index in [-0.39, 0.29) is 11.5 Å². The van der Waals surface area contributed by atoms with Gasteiger partial charge in [-0.25, -0.2) is 0 Å². The SMILES string of the molecule is C[C@H](CCCN(C)C)[C@H]1CC[C@@]2(C)[C@@H]3CC[C@H]4C(C)(C)[C@@H](O)CC[C@]4(C)[C@H]3CC[C@]12C. The molecule has 9 atom stereocenters. The zero-order valence-corrected chi connectivity index (χ0v) is 22.1. The molecule has 0 heterocycles. The molecule has 4 rings (SSSR count). The van der Waals surface area contributed by atoms with Gasteiger partial charge in [-0.05, 0) is 136 Å². The van der Waals surface area contributed by atoms with Gasteiger partial charge in [-0.3, -0.25) is 0 Å². The normalized spacial score (nSPS) is 49.9. The van der Waals surface area contributed by atoms with Crippen LogP contribution in [0.5, 0.6) is 0 Å². The van der Waals surface area contributed by atoms with Crippen LogP contribution in [-0.2, 0) is 0 Å². The summed E-state index contributed by atoms with van der Waals surface area (Å²) in [5.74, 6) is 4.24. The fourth-order valence-electron chi connectivity index (χ4n) is 10.4. The molecular formula is C29H53NO. The van der Waals surface area contributed by atoms with E-state index >= 15 is 0 Å². The van der Waals surface area contributed by atoms with E-state index in [1.165, 1.54) is 64.3 Å². The van der Waals surface area contributed by atoms with Gasteiger partial charge in [0.25, 0.3) is 0 Å². The highest BCUT2D eigenvalue weighted by atomic mass is 16.3. The van der Waals surface area contributed by atoms with Gasteiger partial charge in [0.15, 0.2) is 0 Å². The average molecular weight is 432 g/mol. The van der Waals surface area contributed by atoms with Crippen molar-refractivity contribution in [3.8, 4) is 0 Å². The summed E-state index contributed by atoms with van der Waals surface area (Å²) in [6, 6.07) is 0. The molecule has 0 amide bonds. The summed E-state index contributed by atoms with van der Waals surface area (Å²) in [5, 5.41) is 10.8. The van der Waals surface area contributed by atoms with E-state index in [4.69, 9.17) is 0 Å². The van der Waals surface area contributed by atoms with Crippen molar-refractivity contribution in [1.82, 2.24) is 4.90 Å². The minimum atomic E-state index is -0.106. The van der Waals surface area contributed by atoms with E-state index in [1.807, 2.05) is 0 Å². The molecule has 4 fully saturated rings. The highest BCUT2D eigenvalue weighted by molar-refractivity contribution is 5.16. The molecule has 0 unspecified atom stereocenters. The first-order valence-corrected chi connectivity index (χ1v) is 13.7. The molecule has 1 N–H and O–H groups in total. The Hall–Kier alpha value is -0.0800. The zero-order valence-electron chi connectivity index (χ0n) is 22.1. The molecule has 2 nitrogen and oxygen atoms in total. The first-order valence-electron chi connectivity index (χ1n) is 13.7. The molecule has 0 spiro atoms. The second kappa shape index (κ2) is 8.00. The van der Waals surface area contributed by atoms with Crippen LogP contribution in [0.2, 0.25) is 0 Å². The van der Waals surface area contributed by atoms with Gasteiger partial charge in [0.1, 0.15) is 0 Å². The lowest BCUT2D eigenvalue weighted by molar-refractivity contribution is -0.200. The maximum absolute atomic E-state index is 10.8. The first kappa shape index (κ1) is 24.1. The van der Waals surface area contributed by atoms with E-state index in [0.29, 0.717) is 22.2 Å². The number of fused-ring (bicyclic) bond motifs is 5. The monoisotopic (exact) mass is 431 g/mol. The van der Waals surface area contributed by atoms with Gasteiger partial charge in [0.05, 0.1) is 6.10 Å². The summed E-state index contributed by atoms with van der Waals surface area (Å²) in [5.41, 5.74) is 1.56. The van der Waals surface area contributed by atoms with E-state index in [0.717, 1.165) is 30.1 Å². The molecule has 0 aromatic heterocycles. The Bertz CT molecular complexity index is 657. The Labute approximate surface area is 193 Å². The Morgan fingerprint density at radius 3 is 2.19 bits per heavy atom. The lowest BCUT2D eigenvalue weighted by Crippen LogP contribution is -2.61. The van der Waals surface area contributed by atoms with Crippen molar-refractivity contribution in [2.45, 2.75) is 112 Å². The third-order valence-electron chi connectivity index (χ3n) is 12.5. The van der Waals surface area contributed by atoms with Crippen LogP contribution in [0.1, 0.15) is 106 Å². The number of rotatable bonds is 5. The summed E-state index contributed by atoms with van der Waals surface area (Å²) in [4.78, 5) is 2.35. The fourth-order valence-corrected chi connectivity index (χ4v) is 10.4. The largest absolute Gasteiger partial charge is 0.393 e. The van der Waals surface area contributed by atoms with Crippen molar-refractivity contribution in [1.29, 1.82) is 0 Å². The molecule has 4 aliphatic carbocycles. The first-order chi connectivity index (χ1) is 14.4. The quantitative estimate of drug-likeness (QED) is 0.506. The highest BCUT2D eigenvalue weighted by Gasteiger charge is 2.67. The molecule has 0 aliphatic heterocycles. The smallest absolute Gasteiger partial charge is 0.0594 e. The minimum absolute atomic E-state index is 0.0821. The van der Waals surface area contributed by atoms with Crippen molar-refractivity contribution in [3.63, 3.8) is 0 Å². The standard InChI is InChI=1S/C29H53NO/c1-20(10-9-19-30(7)8)21-13-17-29(6)23-11-12-24-26(2,3)25(31)15-16-27(24,4)22(23)14-18-28(21,29)5/h20-25,31H,9-19H2,1-8H3/t20-,21-,22+,23-,24+,25+,27-,28-,29+/m1/s1. The molecule has 31 heavy (non-hydrogen) atoms. The number of aliphatic hydroxyl groups is 1. The fraction of sp³-hybridized carbons (Fsp3) is 1.00. The Kier molecular flexibility index (Phi) is 6.21. The van der Waals surface area contributed by atoms with E-state index in [1.54, 1.807) is 0 Å². The average Bonchev–Trinajstić information content (AvgIpc) is 2.96. The van der Waals surface area contributed by atoms with Crippen molar-refractivity contribution >= 4 is 0 Å². The minimum Gasteiger partial charge on any atom is -0.393 e. The van der Waals surface area contributed by atoms with Crippen molar-refractivity contribution < 1.29 is 5.11 Å². The summed E-state index contributed by atoms with van der Waals surface area (Å²) in [7, 11) is 4.42. The molecule has 0 radical (unpaired) electrons. The van der Waals surface area contributed by atoms with Gasteiger partial charge in [-0.1, -0.05) is 41.5 Å². The van der Waals surface area contributed by atoms with Crippen LogP contribution in [0.4, 0.5) is 0 Å². The van der Waals surface area contributed by atoms with Crippen LogP contribution in [0.15, 0.2) is 0 Å². The predicted molar refractivity (Wildman–Crippen MR) is 132 cm³/mol. The van der Waals surface area contributed by atoms with Gasteiger partial charge in [-0.2, -0.15) is 0 Å². The van der Waals surface area contributed by atoms with Crippen LogP contribution < -0.4 is 0 Å². The van der Waals surface area contributed by atoms with E-state index < -0.39 is 0 Å². The van der Waals surface area contributed by atoms with Crippen LogP contribution in [0.25, 0.3) is 0 Å². The molecule has 0 saturated heterocycles. The number of nitrogens with zero attached hydrogens (tertiary/aromatic N) is 1. The number of aliphatic hydroxyl groups excluding tert-OH is 1. The van der Waals surface area contributed by atoms with Crippen LogP contribution in [0, 0.1) is 51.2 Å². The van der Waals surface area contributed by atoms with Crippen molar-refractivity contribution in [3.05, 3.63) is 0 Å². The second-order valence-electron chi connectivity index (χ2n) is 14.2. The van der Waals surface area contributed by atoms with Gasteiger partial charge >= 0.3 is 0 Å². The third kappa shape index (κ3) is 3.48. The number of hydrogen-bond donors (Lipinski definition) is 1. The van der Waals surface area contributed by atoms with Gasteiger partial charge in [0, 0.05) is 0 Å². The molecule has 4 aliphatic rings. The van der Waals surface area contributed by atoms with Crippen molar-refractivity contribution in [2.24, 2.45) is 51.2 Å². The van der Waals surface area contributed by atoms with E-state index in [9.17, 15) is 5.11 Å². The summed E-state index contributed by atoms with van der Waals surface area (Å²) >= 11 is 0. The Morgan fingerprint density at radius 1 is 0.839 bits per heavy atom. The second-order valence-corrected chi connectivity index (χ2v) is 14.2. The predicted octanol–water partition coefficient (Wildman–Crippen LogP) is 7.01. The van der Waals surface area contributed by atoms with Crippen LogP contribution >= 0.6 is 0 Å². The molecule has 0 aromatic carbocycles. The van der Waals surface area contributed by atoms with Gasteiger partial charge in [0.2, 0.25) is 0 Å². The molecule has 0 aromatic rings. The molecule has 0 bridgehead atoms. The van der Waals surface area contributed by atoms with Gasteiger partial charge < -0.3 is 10.0 Å². The molecule has 4 saturated carbocycles. The highest BCUT2D eigenvalue weighted by Crippen LogP contribution is 2.74. The molecule has 180 valence electrons. The van der Waals surface area contributed by atoms with E-state index in [2.05, 4.69) is 60.5 Å². The Morgan fingerprint density at radius 2 is 1.52 bits per heavy atom.